The van der Waals surface area contributed by atoms with E-state index in [1.165, 1.54) is 18.4 Å². The predicted octanol–water partition coefficient (Wildman–Crippen LogP) is 5.20. The first-order valence-electron chi connectivity index (χ1n) is 10.9. The van der Waals surface area contributed by atoms with E-state index in [4.69, 9.17) is 21.1 Å². The number of hydrogen-bond acceptors (Lipinski definition) is 8. The van der Waals surface area contributed by atoms with Crippen LogP contribution in [0.2, 0.25) is 5.02 Å². The average molecular weight is 523 g/mol. The van der Waals surface area contributed by atoms with Crippen LogP contribution >= 0.6 is 22.9 Å². The van der Waals surface area contributed by atoms with E-state index in [0.717, 1.165) is 41.8 Å². The molecule has 1 saturated heterocycles. The van der Waals surface area contributed by atoms with Gasteiger partial charge in [0.1, 0.15) is 4.90 Å². The summed E-state index contributed by atoms with van der Waals surface area (Å²) in [6.07, 6.45) is 3.64. The quantitative estimate of drug-likeness (QED) is 0.419. The van der Waals surface area contributed by atoms with Crippen LogP contribution < -0.4 is 14.8 Å². The SMILES string of the molecule is COc1ncc(-c2sc(NC(C)C3CCOCC3)nc2C)cc1S(=O)(=O)Nc1ccccc1Cl. The number of methoxy groups -OCH3 is 1. The topological polar surface area (TPSA) is 102 Å². The summed E-state index contributed by atoms with van der Waals surface area (Å²) in [4.78, 5) is 9.69. The second-order valence-corrected chi connectivity index (χ2v) is 11.2. The number of nitrogens with zero attached hydrogens (tertiary/aromatic N) is 2. The monoisotopic (exact) mass is 522 g/mol. The van der Waals surface area contributed by atoms with Crippen molar-refractivity contribution < 1.29 is 17.9 Å². The van der Waals surface area contributed by atoms with Gasteiger partial charge in [-0.15, -0.1) is 0 Å². The molecule has 2 aromatic heterocycles. The van der Waals surface area contributed by atoms with E-state index in [9.17, 15) is 8.42 Å². The van der Waals surface area contributed by atoms with Crippen molar-refractivity contribution in [2.45, 2.75) is 37.6 Å². The van der Waals surface area contributed by atoms with Gasteiger partial charge in [-0.25, -0.2) is 18.4 Å². The van der Waals surface area contributed by atoms with E-state index < -0.39 is 10.0 Å². The fraction of sp³-hybridized carbons (Fsp3) is 0.391. The number of sulfonamides is 1. The van der Waals surface area contributed by atoms with Crippen LogP contribution in [-0.2, 0) is 14.8 Å². The molecule has 11 heteroatoms. The van der Waals surface area contributed by atoms with E-state index in [0.29, 0.717) is 16.5 Å². The second kappa shape index (κ2) is 10.5. The molecular weight excluding hydrogens is 496 g/mol. The van der Waals surface area contributed by atoms with Gasteiger partial charge in [0.15, 0.2) is 5.13 Å². The van der Waals surface area contributed by atoms with Gasteiger partial charge < -0.3 is 14.8 Å². The maximum absolute atomic E-state index is 13.2. The molecule has 0 aliphatic carbocycles. The van der Waals surface area contributed by atoms with Gasteiger partial charge in [-0.2, -0.15) is 0 Å². The van der Waals surface area contributed by atoms with Crippen LogP contribution in [0.1, 0.15) is 25.5 Å². The first-order valence-corrected chi connectivity index (χ1v) is 13.6. The van der Waals surface area contributed by atoms with E-state index >= 15 is 0 Å². The smallest absolute Gasteiger partial charge is 0.267 e. The molecule has 4 rings (SSSR count). The van der Waals surface area contributed by atoms with Crippen molar-refractivity contribution in [3.8, 4) is 16.3 Å². The molecule has 2 N–H and O–H groups in total. The van der Waals surface area contributed by atoms with Crippen LogP contribution in [0, 0.1) is 12.8 Å². The summed E-state index contributed by atoms with van der Waals surface area (Å²) in [7, 11) is -2.63. The zero-order valence-electron chi connectivity index (χ0n) is 19.2. The molecule has 0 bridgehead atoms. The summed E-state index contributed by atoms with van der Waals surface area (Å²) in [6, 6.07) is 8.44. The lowest BCUT2D eigenvalue weighted by molar-refractivity contribution is 0.0622. The molecule has 34 heavy (non-hydrogen) atoms. The van der Waals surface area contributed by atoms with Crippen LogP contribution in [0.5, 0.6) is 5.88 Å². The van der Waals surface area contributed by atoms with E-state index in [1.807, 2.05) is 6.92 Å². The zero-order chi connectivity index (χ0) is 24.3. The number of rotatable bonds is 8. The predicted molar refractivity (Wildman–Crippen MR) is 136 cm³/mol. The molecule has 1 aliphatic heterocycles. The molecule has 1 atom stereocenters. The minimum Gasteiger partial charge on any atom is -0.480 e. The fourth-order valence-corrected chi connectivity index (χ4v) is 6.41. The number of thiazole rings is 1. The van der Waals surface area contributed by atoms with Gasteiger partial charge in [0.05, 0.1) is 28.4 Å². The molecule has 1 unspecified atom stereocenters. The summed E-state index contributed by atoms with van der Waals surface area (Å²) in [6.45, 7) is 5.63. The number of aryl methyl sites for hydroxylation is 1. The normalized spacial score (nSPS) is 15.6. The second-order valence-electron chi connectivity index (χ2n) is 8.13. The Kier molecular flexibility index (Phi) is 7.61. The van der Waals surface area contributed by atoms with Crippen molar-refractivity contribution in [1.82, 2.24) is 9.97 Å². The van der Waals surface area contributed by atoms with Crippen LogP contribution in [0.4, 0.5) is 10.8 Å². The minimum absolute atomic E-state index is 0.00281. The number of ether oxygens (including phenoxy) is 2. The highest BCUT2D eigenvalue weighted by atomic mass is 35.5. The third-order valence-electron chi connectivity index (χ3n) is 5.80. The largest absolute Gasteiger partial charge is 0.480 e. The van der Waals surface area contributed by atoms with Gasteiger partial charge in [0.25, 0.3) is 10.0 Å². The van der Waals surface area contributed by atoms with Crippen LogP contribution in [0.25, 0.3) is 10.4 Å². The first kappa shape index (κ1) is 24.7. The molecule has 0 saturated carbocycles. The van der Waals surface area contributed by atoms with Gasteiger partial charge in [0.2, 0.25) is 5.88 Å². The van der Waals surface area contributed by atoms with Crippen molar-refractivity contribution in [2.24, 2.45) is 5.92 Å². The van der Waals surface area contributed by atoms with Gasteiger partial charge in [0, 0.05) is 31.0 Å². The molecule has 1 aliphatic rings. The van der Waals surface area contributed by atoms with Crippen LogP contribution in [-0.4, -0.2) is 44.8 Å². The number of para-hydroxylation sites is 1. The van der Waals surface area contributed by atoms with Crippen molar-refractivity contribution in [3.63, 3.8) is 0 Å². The highest BCUT2D eigenvalue weighted by molar-refractivity contribution is 7.92. The molecule has 0 radical (unpaired) electrons. The summed E-state index contributed by atoms with van der Waals surface area (Å²) in [5.74, 6) is 0.522. The molecule has 3 aromatic rings. The Morgan fingerprint density at radius 2 is 2.00 bits per heavy atom. The van der Waals surface area contributed by atoms with Crippen LogP contribution in [0.15, 0.2) is 41.4 Å². The average Bonchev–Trinajstić information content (AvgIpc) is 3.20. The molecule has 1 fully saturated rings. The van der Waals surface area contributed by atoms with Crippen molar-refractivity contribution in [2.75, 3.05) is 30.4 Å². The van der Waals surface area contributed by atoms with Crippen LogP contribution in [0.3, 0.4) is 0 Å². The number of anilines is 2. The van der Waals surface area contributed by atoms with Crippen molar-refractivity contribution in [1.29, 1.82) is 0 Å². The first-order chi connectivity index (χ1) is 16.3. The van der Waals surface area contributed by atoms with Crippen molar-refractivity contribution >= 4 is 43.8 Å². The Bertz CT molecular complexity index is 1260. The van der Waals surface area contributed by atoms with Gasteiger partial charge in [-0.1, -0.05) is 35.1 Å². The molecule has 1 aromatic carbocycles. The third kappa shape index (κ3) is 5.46. The van der Waals surface area contributed by atoms with E-state index in [2.05, 4.69) is 26.9 Å². The Labute approximate surface area is 208 Å². The molecular formula is C23H27ClN4O4S2. The lowest BCUT2D eigenvalue weighted by Gasteiger charge is -2.28. The maximum atomic E-state index is 13.2. The van der Waals surface area contributed by atoms with E-state index in [-0.39, 0.29) is 22.5 Å². The van der Waals surface area contributed by atoms with E-state index in [1.54, 1.807) is 36.5 Å². The Morgan fingerprint density at radius 1 is 1.26 bits per heavy atom. The van der Waals surface area contributed by atoms with Gasteiger partial charge in [-0.3, -0.25) is 4.72 Å². The standard InChI is InChI=1S/C23H27ClN4O4S2/c1-14(16-8-10-32-11-9-16)26-23-27-15(2)21(33-23)17-12-20(22(31-3)25-13-17)34(29,30)28-19-7-5-4-6-18(19)24/h4-7,12-14,16,28H,8-11H2,1-3H3,(H,26,27). The lowest BCUT2D eigenvalue weighted by Crippen LogP contribution is -2.30. The molecule has 0 spiro atoms. The number of nitrogens with one attached hydrogen (secondary N) is 2. The minimum atomic E-state index is -4.01. The number of hydrogen-bond donors (Lipinski definition) is 2. The summed E-state index contributed by atoms with van der Waals surface area (Å²) in [5, 5.41) is 4.60. The Hall–Kier alpha value is -2.40. The third-order valence-corrected chi connectivity index (χ3v) is 8.63. The zero-order valence-corrected chi connectivity index (χ0v) is 21.6. The fourth-order valence-electron chi connectivity index (χ4n) is 3.90. The molecule has 182 valence electrons. The highest BCUT2D eigenvalue weighted by Crippen LogP contribution is 2.37. The number of pyridine rings is 1. The molecule has 0 amide bonds. The summed E-state index contributed by atoms with van der Waals surface area (Å²) >= 11 is 7.62. The molecule has 8 nitrogen and oxygen atoms in total. The Balaban J connectivity index is 1.62. The highest BCUT2D eigenvalue weighted by Gasteiger charge is 2.25. The van der Waals surface area contributed by atoms with Gasteiger partial charge >= 0.3 is 0 Å². The van der Waals surface area contributed by atoms with Crippen molar-refractivity contribution in [3.05, 3.63) is 47.2 Å². The maximum Gasteiger partial charge on any atom is 0.267 e. The molecule has 3 heterocycles. The van der Waals surface area contributed by atoms with Gasteiger partial charge in [-0.05, 0) is 50.8 Å². The lowest BCUT2D eigenvalue weighted by atomic mass is 9.93. The summed E-state index contributed by atoms with van der Waals surface area (Å²) in [5.41, 5.74) is 1.71. The summed E-state index contributed by atoms with van der Waals surface area (Å²) < 4.78 is 39.6. The Morgan fingerprint density at radius 3 is 2.71 bits per heavy atom. The number of benzene rings is 1. The number of halogens is 1. The number of aromatic nitrogens is 2.